The molecular weight excluding hydrogens is 162 g/mol. The number of likely N-dealkylation sites (tertiary alicyclic amines) is 1. The van der Waals surface area contributed by atoms with Crippen LogP contribution in [-0.4, -0.2) is 24.4 Å². The summed E-state index contributed by atoms with van der Waals surface area (Å²) in [6.07, 6.45) is 4.79. The van der Waals surface area contributed by atoms with Gasteiger partial charge in [0.05, 0.1) is 0 Å². The zero-order valence-corrected chi connectivity index (χ0v) is 9.05. The molecule has 13 heavy (non-hydrogen) atoms. The van der Waals surface area contributed by atoms with Crippen molar-refractivity contribution in [2.75, 3.05) is 13.1 Å². The molecule has 1 fully saturated rings. The zero-order valence-electron chi connectivity index (χ0n) is 9.05. The molecule has 0 aromatic heterocycles. The number of hydrogen-bond acceptors (Lipinski definition) is 1. The molecule has 2 atom stereocenters. The van der Waals surface area contributed by atoms with E-state index in [1.165, 1.54) is 19.3 Å². The molecule has 1 rings (SSSR count). The Labute approximate surface area is 81.3 Å². The number of carbonyl (C=O) groups excluding carboxylic acids is 1. The monoisotopic (exact) mass is 183 g/mol. The number of carbonyl (C=O) groups is 1. The molecular formula is C11H21NO. The fraction of sp³-hybridized carbons (Fsp3) is 0.909. The number of rotatable bonds is 4. The molecule has 0 aromatic rings. The first-order chi connectivity index (χ1) is 6.12. The minimum Gasteiger partial charge on any atom is -0.344 e. The molecule has 0 saturated carbocycles. The van der Waals surface area contributed by atoms with E-state index >= 15 is 0 Å². The molecule has 0 aromatic carbocycles. The summed E-state index contributed by atoms with van der Waals surface area (Å²) >= 11 is 0. The van der Waals surface area contributed by atoms with Gasteiger partial charge in [-0.3, -0.25) is 4.79 Å². The van der Waals surface area contributed by atoms with E-state index in [-0.39, 0.29) is 0 Å². The second-order valence-corrected chi connectivity index (χ2v) is 4.69. The van der Waals surface area contributed by atoms with Crippen molar-refractivity contribution in [1.82, 2.24) is 4.90 Å². The summed E-state index contributed by atoms with van der Waals surface area (Å²) in [4.78, 5) is 12.6. The van der Waals surface area contributed by atoms with Gasteiger partial charge in [-0.1, -0.05) is 33.6 Å². The summed E-state index contributed by atoms with van der Waals surface area (Å²) in [6, 6.07) is 0. The van der Waals surface area contributed by atoms with Gasteiger partial charge in [-0.05, 0) is 17.8 Å². The first kappa shape index (κ1) is 10.6. The smallest absolute Gasteiger partial charge is 0.209 e. The predicted octanol–water partition coefficient (Wildman–Crippen LogP) is 2.29. The first-order valence-electron chi connectivity index (χ1n) is 5.31. The van der Waals surface area contributed by atoms with Crippen LogP contribution in [0.1, 0.15) is 40.0 Å². The molecule has 1 heterocycles. The highest BCUT2D eigenvalue weighted by molar-refractivity contribution is 5.48. The zero-order chi connectivity index (χ0) is 9.90. The summed E-state index contributed by atoms with van der Waals surface area (Å²) in [7, 11) is 0. The second-order valence-electron chi connectivity index (χ2n) is 4.69. The van der Waals surface area contributed by atoms with Gasteiger partial charge >= 0.3 is 0 Å². The maximum absolute atomic E-state index is 10.6. The summed E-state index contributed by atoms with van der Waals surface area (Å²) in [6.45, 7) is 8.71. The van der Waals surface area contributed by atoms with Crippen LogP contribution >= 0.6 is 0 Å². The Balaban J connectivity index is 2.52. The average molecular weight is 183 g/mol. The molecule has 1 amide bonds. The van der Waals surface area contributed by atoms with E-state index in [0.717, 1.165) is 19.5 Å². The molecule has 0 spiro atoms. The Morgan fingerprint density at radius 2 is 2.31 bits per heavy atom. The minimum atomic E-state index is 0.372. The SMILES string of the molecule is CCCC[C@@]1(C)CN(C=O)C[C@@H]1C. The third kappa shape index (κ3) is 2.23. The lowest BCUT2D eigenvalue weighted by Crippen LogP contribution is -2.25. The predicted molar refractivity (Wildman–Crippen MR) is 54.4 cm³/mol. The van der Waals surface area contributed by atoms with Gasteiger partial charge in [0.15, 0.2) is 0 Å². The van der Waals surface area contributed by atoms with E-state index in [1.807, 2.05) is 4.90 Å². The van der Waals surface area contributed by atoms with Crippen molar-refractivity contribution >= 4 is 6.41 Å². The molecule has 0 aliphatic carbocycles. The largest absolute Gasteiger partial charge is 0.344 e. The van der Waals surface area contributed by atoms with Crippen LogP contribution in [-0.2, 0) is 4.79 Å². The number of hydrogen-bond donors (Lipinski definition) is 0. The van der Waals surface area contributed by atoms with Crippen LogP contribution in [0.25, 0.3) is 0 Å². The van der Waals surface area contributed by atoms with Gasteiger partial charge in [0.2, 0.25) is 6.41 Å². The fourth-order valence-corrected chi connectivity index (χ4v) is 2.24. The molecule has 0 bridgehead atoms. The lowest BCUT2D eigenvalue weighted by molar-refractivity contribution is -0.117. The van der Waals surface area contributed by atoms with Crippen molar-refractivity contribution in [3.63, 3.8) is 0 Å². The highest BCUT2D eigenvalue weighted by Crippen LogP contribution is 2.39. The van der Waals surface area contributed by atoms with Crippen molar-refractivity contribution in [3.05, 3.63) is 0 Å². The molecule has 76 valence electrons. The third-order valence-corrected chi connectivity index (χ3v) is 3.51. The van der Waals surface area contributed by atoms with Crippen molar-refractivity contribution < 1.29 is 4.79 Å². The Morgan fingerprint density at radius 3 is 2.77 bits per heavy atom. The second kappa shape index (κ2) is 4.12. The fourth-order valence-electron chi connectivity index (χ4n) is 2.24. The molecule has 0 N–H and O–H groups in total. The molecule has 0 radical (unpaired) electrons. The normalized spacial score (nSPS) is 33.8. The van der Waals surface area contributed by atoms with Gasteiger partial charge in [-0.2, -0.15) is 0 Å². The summed E-state index contributed by atoms with van der Waals surface area (Å²) in [5, 5.41) is 0. The van der Waals surface area contributed by atoms with E-state index in [9.17, 15) is 4.79 Å². The van der Waals surface area contributed by atoms with Crippen LogP contribution in [0.2, 0.25) is 0 Å². The van der Waals surface area contributed by atoms with Crippen molar-refractivity contribution in [1.29, 1.82) is 0 Å². The van der Waals surface area contributed by atoms with Crippen LogP contribution in [0, 0.1) is 11.3 Å². The highest BCUT2D eigenvalue weighted by atomic mass is 16.1. The standard InChI is InChI=1S/C11H21NO/c1-4-5-6-11(3)8-12(9-13)7-10(11)2/h9-10H,4-8H2,1-3H3/t10-,11-/m0/s1. The van der Waals surface area contributed by atoms with E-state index < -0.39 is 0 Å². The lowest BCUT2D eigenvalue weighted by atomic mass is 9.77. The van der Waals surface area contributed by atoms with Gasteiger partial charge in [-0.25, -0.2) is 0 Å². The van der Waals surface area contributed by atoms with Crippen molar-refractivity contribution in [2.24, 2.45) is 11.3 Å². The topological polar surface area (TPSA) is 20.3 Å². The van der Waals surface area contributed by atoms with Gasteiger partial charge in [0, 0.05) is 13.1 Å². The molecule has 1 saturated heterocycles. The molecule has 0 unspecified atom stereocenters. The lowest BCUT2D eigenvalue weighted by Gasteiger charge is -2.27. The molecule has 1 aliphatic heterocycles. The number of nitrogens with zero attached hydrogens (tertiary/aromatic N) is 1. The maximum atomic E-state index is 10.6. The quantitative estimate of drug-likeness (QED) is 0.612. The number of unbranched alkanes of at least 4 members (excludes halogenated alkanes) is 1. The van der Waals surface area contributed by atoms with Crippen molar-refractivity contribution in [2.45, 2.75) is 40.0 Å². The summed E-state index contributed by atoms with van der Waals surface area (Å²) in [5.41, 5.74) is 0.372. The van der Waals surface area contributed by atoms with Crippen LogP contribution in [0.3, 0.4) is 0 Å². The average Bonchev–Trinajstić information content (AvgIpc) is 2.40. The highest BCUT2D eigenvalue weighted by Gasteiger charge is 2.38. The van der Waals surface area contributed by atoms with Crippen LogP contribution < -0.4 is 0 Å². The number of amides is 1. The Kier molecular flexibility index (Phi) is 3.34. The Bertz CT molecular complexity index is 181. The van der Waals surface area contributed by atoms with Crippen molar-refractivity contribution in [3.8, 4) is 0 Å². The Hall–Kier alpha value is -0.530. The third-order valence-electron chi connectivity index (χ3n) is 3.51. The maximum Gasteiger partial charge on any atom is 0.209 e. The minimum absolute atomic E-state index is 0.372. The van der Waals surface area contributed by atoms with Crippen LogP contribution in [0.15, 0.2) is 0 Å². The first-order valence-corrected chi connectivity index (χ1v) is 5.31. The Morgan fingerprint density at radius 1 is 1.62 bits per heavy atom. The van der Waals surface area contributed by atoms with E-state index in [2.05, 4.69) is 20.8 Å². The summed E-state index contributed by atoms with van der Waals surface area (Å²) < 4.78 is 0. The van der Waals surface area contributed by atoms with Gasteiger partial charge in [-0.15, -0.1) is 0 Å². The van der Waals surface area contributed by atoms with Gasteiger partial charge in [0.1, 0.15) is 0 Å². The van der Waals surface area contributed by atoms with Crippen LogP contribution in [0.5, 0.6) is 0 Å². The van der Waals surface area contributed by atoms with Gasteiger partial charge < -0.3 is 4.90 Å². The molecule has 2 heteroatoms. The summed E-state index contributed by atoms with van der Waals surface area (Å²) in [5.74, 6) is 0.657. The van der Waals surface area contributed by atoms with Crippen LogP contribution in [0.4, 0.5) is 0 Å². The van der Waals surface area contributed by atoms with E-state index in [4.69, 9.17) is 0 Å². The molecule has 2 nitrogen and oxygen atoms in total. The van der Waals surface area contributed by atoms with Gasteiger partial charge in [0.25, 0.3) is 0 Å². The van der Waals surface area contributed by atoms with E-state index in [1.54, 1.807) is 0 Å². The molecule has 1 aliphatic rings. The van der Waals surface area contributed by atoms with E-state index in [0.29, 0.717) is 11.3 Å².